The molecule has 0 spiro atoms. The van der Waals surface area contributed by atoms with Crippen LogP contribution in [0.25, 0.3) is 0 Å². The molecule has 0 aliphatic heterocycles. The van der Waals surface area contributed by atoms with Gasteiger partial charge in [-0.25, -0.2) is 0 Å². The standard InChI is InChI=1S/C5H5NO2/c6-5(7)4-1-2-8-3-4/h1-3H,(H2,6,7). The highest BCUT2D eigenvalue weighted by Crippen LogP contribution is 1.96. The number of carbonyl (C=O) groups is 1. The Kier molecular flexibility index (Phi) is 1.04. The first kappa shape index (κ1) is 4.90. The third-order valence-corrected chi connectivity index (χ3v) is 0.806. The van der Waals surface area contributed by atoms with E-state index in [4.69, 9.17) is 5.73 Å². The van der Waals surface area contributed by atoms with Crippen molar-refractivity contribution in [3.8, 4) is 0 Å². The number of carbonyl (C=O) groups excluding carboxylic acids is 1. The summed E-state index contributed by atoms with van der Waals surface area (Å²) in [6.45, 7) is 0. The third kappa shape index (κ3) is 0.703. The van der Waals surface area contributed by atoms with E-state index in [2.05, 4.69) is 4.42 Å². The Labute approximate surface area is 46.1 Å². The fraction of sp³-hybridized carbons (Fsp3) is 0. The molecule has 1 rings (SSSR count). The van der Waals surface area contributed by atoms with Gasteiger partial charge < -0.3 is 10.2 Å². The van der Waals surface area contributed by atoms with Crippen LogP contribution in [0, 0.1) is 0 Å². The summed E-state index contributed by atoms with van der Waals surface area (Å²) in [6, 6.07) is 1.52. The Hall–Kier alpha value is -1.25. The van der Waals surface area contributed by atoms with E-state index in [1.165, 1.54) is 18.6 Å². The Balaban J connectivity index is 2.93. The van der Waals surface area contributed by atoms with Crippen LogP contribution < -0.4 is 5.73 Å². The molecule has 1 aromatic heterocycles. The Morgan fingerprint density at radius 2 is 2.50 bits per heavy atom. The summed E-state index contributed by atoms with van der Waals surface area (Å²) in [5.74, 6) is -0.459. The third-order valence-electron chi connectivity index (χ3n) is 0.806. The van der Waals surface area contributed by atoms with Crippen LogP contribution >= 0.6 is 0 Å². The predicted octanol–water partition coefficient (Wildman–Crippen LogP) is 0.379. The van der Waals surface area contributed by atoms with Crippen molar-refractivity contribution in [2.24, 2.45) is 5.73 Å². The molecule has 0 radical (unpaired) electrons. The minimum absolute atomic E-state index is 0.407. The summed E-state index contributed by atoms with van der Waals surface area (Å²) >= 11 is 0. The number of hydrogen-bond acceptors (Lipinski definition) is 2. The number of primary amides is 1. The topological polar surface area (TPSA) is 56.2 Å². The molecule has 3 heteroatoms. The zero-order chi connectivity index (χ0) is 5.98. The van der Waals surface area contributed by atoms with Gasteiger partial charge in [-0.1, -0.05) is 0 Å². The molecule has 0 aliphatic rings. The molecule has 0 bridgehead atoms. The summed E-state index contributed by atoms with van der Waals surface area (Å²) in [5.41, 5.74) is 5.27. The first-order valence-corrected chi connectivity index (χ1v) is 2.12. The average Bonchev–Trinajstić information content (AvgIpc) is 2.12. The van der Waals surface area contributed by atoms with E-state index in [1.807, 2.05) is 0 Å². The summed E-state index contributed by atoms with van der Waals surface area (Å²) in [7, 11) is 0. The van der Waals surface area contributed by atoms with Gasteiger partial charge in [0.15, 0.2) is 0 Å². The number of rotatable bonds is 1. The second-order valence-electron chi connectivity index (χ2n) is 1.38. The fourth-order valence-electron chi connectivity index (χ4n) is 0.405. The molecule has 1 heterocycles. The molecule has 0 fully saturated rings. The average molecular weight is 111 g/mol. The van der Waals surface area contributed by atoms with Crippen LogP contribution in [0.2, 0.25) is 0 Å². The van der Waals surface area contributed by atoms with Gasteiger partial charge in [-0.15, -0.1) is 0 Å². The van der Waals surface area contributed by atoms with E-state index < -0.39 is 5.91 Å². The molecule has 0 unspecified atom stereocenters. The first-order valence-electron chi connectivity index (χ1n) is 2.12. The van der Waals surface area contributed by atoms with Crippen LogP contribution in [-0.4, -0.2) is 5.91 Å². The minimum atomic E-state index is -0.459. The lowest BCUT2D eigenvalue weighted by Gasteiger charge is -1.78. The zero-order valence-electron chi connectivity index (χ0n) is 4.13. The first-order chi connectivity index (χ1) is 3.80. The van der Waals surface area contributed by atoms with Crippen molar-refractivity contribution in [2.75, 3.05) is 0 Å². The molecule has 0 aliphatic carbocycles. The molecule has 0 saturated heterocycles. The van der Waals surface area contributed by atoms with E-state index in [0.717, 1.165) is 0 Å². The predicted molar refractivity (Wildman–Crippen MR) is 27.2 cm³/mol. The second kappa shape index (κ2) is 1.69. The molecule has 0 saturated carbocycles. The second-order valence-corrected chi connectivity index (χ2v) is 1.38. The maximum Gasteiger partial charge on any atom is 0.251 e. The summed E-state index contributed by atoms with van der Waals surface area (Å²) in [4.78, 5) is 10.2. The molecule has 1 aromatic rings. The monoisotopic (exact) mass is 111 g/mol. The van der Waals surface area contributed by atoms with Crippen molar-refractivity contribution in [1.82, 2.24) is 0 Å². The maximum atomic E-state index is 10.2. The van der Waals surface area contributed by atoms with Crippen LogP contribution in [0.1, 0.15) is 10.4 Å². The highest BCUT2D eigenvalue weighted by Gasteiger charge is 1.97. The smallest absolute Gasteiger partial charge is 0.251 e. The van der Waals surface area contributed by atoms with Crippen LogP contribution in [0.5, 0.6) is 0 Å². The van der Waals surface area contributed by atoms with E-state index in [9.17, 15) is 4.79 Å². The van der Waals surface area contributed by atoms with Gasteiger partial charge in [-0.3, -0.25) is 4.79 Å². The van der Waals surface area contributed by atoms with Crippen molar-refractivity contribution < 1.29 is 9.21 Å². The van der Waals surface area contributed by atoms with Gasteiger partial charge in [0.1, 0.15) is 6.26 Å². The zero-order valence-corrected chi connectivity index (χ0v) is 4.13. The molecule has 1 amide bonds. The van der Waals surface area contributed by atoms with Crippen molar-refractivity contribution >= 4 is 5.91 Å². The molecular weight excluding hydrogens is 106 g/mol. The van der Waals surface area contributed by atoms with Gasteiger partial charge in [0.25, 0.3) is 5.91 Å². The molecule has 42 valence electrons. The lowest BCUT2D eigenvalue weighted by molar-refractivity contribution is 0.0999. The van der Waals surface area contributed by atoms with E-state index in [-0.39, 0.29) is 0 Å². The highest BCUT2D eigenvalue weighted by atomic mass is 16.3. The Morgan fingerprint density at radius 3 is 2.75 bits per heavy atom. The van der Waals surface area contributed by atoms with Crippen LogP contribution in [0.4, 0.5) is 0 Å². The molecular formula is C5H5NO2. The molecule has 0 atom stereocenters. The number of nitrogens with two attached hydrogens (primary N) is 1. The normalized spacial score (nSPS) is 9.00. The molecule has 8 heavy (non-hydrogen) atoms. The Morgan fingerprint density at radius 1 is 1.75 bits per heavy atom. The lowest BCUT2D eigenvalue weighted by atomic mass is 10.3. The van der Waals surface area contributed by atoms with Crippen molar-refractivity contribution in [1.29, 1.82) is 0 Å². The largest absolute Gasteiger partial charge is 0.472 e. The maximum absolute atomic E-state index is 10.2. The SMILES string of the molecule is NC(=O)c1ccoc1. The van der Waals surface area contributed by atoms with Crippen LogP contribution in [0.3, 0.4) is 0 Å². The van der Waals surface area contributed by atoms with Crippen LogP contribution in [-0.2, 0) is 0 Å². The van der Waals surface area contributed by atoms with Crippen molar-refractivity contribution in [3.05, 3.63) is 24.2 Å². The quantitative estimate of drug-likeness (QED) is 0.569. The van der Waals surface area contributed by atoms with Gasteiger partial charge in [-0.05, 0) is 6.07 Å². The van der Waals surface area contributed by atoms with E-state index >= 15 is 0 Å². The minimum Gasteiger partial charge on any atom is -0.472 e. The highest BCUT2D eigenvalue weighted by molar-refractivity contribution is 5.92. The van der Waals surface area contributed by atoms with Gasteiger partial charge in [-0.2, -0.15) is 0 Å². The number of furan rings is 1. The number of amides is 1. The van der Waals surface area contributed by atoms with E-state index in [1.54, 1.807) is 0 Å². The van der Waals surface area contributed by atoms with Crippen molar-refractivity contribution in [3.63, 3.8) is 0 Å². The summed E-state index contributed by atoms with van der Waals surface area (Å²) in [5, 5.41) is 0. The molecule has 3 nitrogen and oxygen atoms in total. The number of hydrogen-bond donors (Lipinski definition) is 1. The van der Waals surface area contributed by atoms with Gasteiger partial charge in [0.05, 0.1) is 11.8 Å². The van der Waals surface area contributed by atoms with Crippen molar-refractivity contribution in [2.45, 2.75) is 0 Å². The van der Waals surface area contributed by atoms with Gasteiger partial charge in [0.2, 0.25) is 0 Å². The van der Waals surface area contributed by atoms with Gasteiger partial charge in [0, 0.05) is 0 Å². The Bertz CT molecular complexity index is 178. The van der Waals surface area contributed by atoms with Crippen LogP contribution in [0.15, 0.2) is 23.0 Å². The summed E-state index contributed by atoms with van der Waals surface area (Å²) in [6.07, 6.45) is 2.71. The van der Waals surface area contributed by atoms with Gasteiger partial charge >= 0.3 is 0 Å². The summed E-state index contributed by atoms with van der Waals surface area (Å²) < 4.78 is 4.57. The lowest BCUT2D eigenvalue weighted by Crippen LogP contribution is -2.08. The fourth-order valence-corrected chi connectivity index (χ4v) is 0.405. The van der Waals surface area contributed by atoms with E-state index in [0.29, 0.717) is 5.56 Å². The molecule has 2 N–H and O–H groups in total. The molecule has 0 aromatic carbocycles.